The van der Waals surface area contributed by atoms with Gasteiger partial charge in [0.2, 0.25) is 5.91 Å². The first-order valence-corrected chi connectivity index (χ1v) is 9.01. The van der Waals surface area contributed by atoms with E-state index in [1.807, 2.05) is 36.4 Å². The summed E-state index contributed by atoms with van der Waals surface area (Å²) in [6.45, 7) is -0.289. The summed E-state index contributed by atoms with van der Waals surface area (Å²) in [5, 5.41) is 5.68. The number of fused-ring (bicyclic) bond motifs is 1. The van der Waals surface area contributed by atoms with Crippen LogP contribution in [0.2, 0.25) is 0 Å². The molecule has 1 aromatic heterocycles. The quantitative estimate of drug-likeness (QED) is 0.642. The number of benzene rings is 2. The molecule has 6 nitrogen and oxygen atoms in total. The van der Waals surface area contributed by atoms with E-state index < -0.39 is 0 Å². The van der Waals surface area contributed by atoms with Gasteiger partial charge in [0.25, 0.3) is 5.91 Å². The zero-order valence-electron chi connectivity index (χ0n) is 13.0. The van der Waals surface area contributed by atoms with Crippen LogP contribution in [-0.2, 0) is 9.59 Å². The van der Waals surface area contributed by atoms with Crippen molar-refractivity contribution < 1.29 is 14.3 Å². The molecule has 0 aliphatic rings. The zero-order chi connectivity index (χ0) is 17.6. The molecule has 25 heavy (non-hydrogen) atoms. The molecule has 0 saturated carbocycles. The van der Waals surface area contributed by atoms with E-state index in [1.165, 1.54) is 11.3 Å². The number of amides is 2. The van der Waals surface area contributed by atoms with E-state index in [-0.39, 0.29) is 25.0 Å². The number of carbonyl (C=O) groups is 2. The van der Waals surface area contributed by atoms with Crippen molar-refractivity contribution in [3.05, 3.63) is 53.0 Å². The van der Waals surface area contributed by atoms with Gasteiger partial charge in [-0.05, 0) is 30.3 Å². The summed E-state index contributed by atoms with van der Waals surface area (Å²) in [7, 11) is 0. The van der Waals surface area contributed by atoms with Crippen LogP contribution in [0.5, 0.6) is 5.75 Å². The summed E-state index contributed by atoms with van der Waals surface area (Å²) in [6.07, 6.45) is 0. The van der Waals surface area contributed by atoms with E-state index in [0.717, 1.165) is 14.7 Å². The van der Waals surface area contributed by atoms with Gasteiger partial charge in [0.15, 0.2) is 11.7 Å². The lowest BCUT2D eigenvalue weighted by Gasteiger charge is -2.07. The third-order valence-corrected chi connectivity index (χ3v) is 4.58. The van der Waals surface area contributed by atoms with E-state index in [2.05, 4.69) is 31.5 Å². The van der Waals surface area contributed by atoms with Crippen LogP contribution < -0.4 is 15.4 Å². The molecule has 0 unspecified atom stereocenters. The summed E-state index contributed by atoms with van der Waals surface area (Å²) in [5.41, 5.74) is 0.809. The van der Waals surface area contributed by atoms with Gasteiger partial charge in [0, 0.05) is 4.47 Å². The fraction of sp³-hybridized carbons (Fsp3) is 0.118. The van der Waals surface area contributed by atoms with E-state index in [1.54, 1.807) is 12.1 Å². The molecule has 0 saturated heterocycles. The zero-order valence-corrected chi connectivity index (χ0v) is 15.4. The van der Waals surface area contributed by atoms with E-state index >= 15 is 0 Å². The van der Waals surface area contributed by atoms with E-state index in [0.29, 0.717) is 10.9 Å². The molecule has 2 aromatic carbocycles. The van der Waals surface area contributed by atoms with E-state index in [4.69, 9.17) is 4.74 Å². The number of rotatable bonds is 6. The third kappa shape index (κ3) is 5.01. The van der Waals surface area contributed by atoms with Crippen molar-refractivity contribution in [2.75, 3.05) is 18.5 Å². The number of aromatic nitrogens is 1. The second kappa shape index (κ2) is 8.09. The lowest BCUT2D eigenvalue weighted by molar-refractivity contribution is -0.125. The Kier molecular flexibility index (Phi) is 5.62. The first-order valence-electron chi connectivity index (χ1n) is 7.40. The van der Waals surface area contributed by atoms with Crippen LogP contribution in [0.3, 0.4) is 0 Å². The Morgan fingerprint density at radius 1 is 1.12 bits per heavy atom. The number of nitrogens with zero attached hydrogens (tertiary/aromatic N) is 1. The molecule has 2 amide bonds. The molecular formula is C17H14BrN3O3S. The predicted molar refractivity (Wildman–Crippen MR) is 101 cm³/mol. The molecule has 128 valence electrons. The topological polar surface area (TPSA) is 80.3 Å². The number of anilines is 1. The average molecular weight is 420 g/mol. The number of hydrogen-bond acceptors (Lipinski definition) is 5. The van der Waals surface area contributed by atoms with Gasteiger partial charge in [0.05, 0.1) is 16.8 Å². The van der Waals surface area contributed by atoms with Crippen LogP contribution in [0, 0.1) is 0 Å². The number of thiazole rings is 1. The van der Waals surface area contributed by atoms with Crippen molar-refractivity contribution in [2.45, 2.75) is 0 Å². The lowest BCUT2D eigenvalue weighted by Crippen LogP contribution is -2.35. The summed E-state index contributed by atoms with van der Waals surface area (Å²) < 4.78 is 7.23. The fourth-order valence-electron chi connectivity index (χ4n) is 2.01. The average Bonchev–Trinajstić information content (AvgIpc) is 3.00. The Bertz CT molecular complexity index is 899. The minimum atomic E-state index is -0.368. The minimum absolute atomic E-state index is 0.142. The highest BCUT2D eigenvalue weighted by molar-refractivity contribution is 9.10. The molecular weight excluding hydrogens is 406 g/mol. The van der Waals surface area contributed by atoms with Crippen LogP contribution in [0.25, 0.3) is 10.2 Å². The summed E-state index contributed by atoms with van der Waals surface area (Å²) in [6, 6.07) is 14.7. The number of nitrogens with one attached hydrogen (secondary N) is 2. The fourth-order valence-corrected chi connectivity index (χ4v) is 3.44. The van der Waals surface area contributed by atoms with Gasteiger partial charge in [0.1, 0.15) is 5.75 Å². The highest BCUT2D eigenvalue weighted by atomic mass is 79.9. The number of para-hydroxylation sites is 1. The van der Waals surface area contributed by atoms with Crippen molar-refractivity contribution in [2.24, 2.45) is 0 Å². The summed E-state index contributed by atoms with van der Waals surface area (Å²) in [5.74, 6) is -0.110. The SMILES string of the molecule is O=C(COc1ccccc1)NCC(=O)Nc1nc2ccc(Br)cc2s1. The van der Waals surface area contributed by atoms with Gasteiger partial charge in [-0.3, -0.25) is 9.59 Å². The van der Waals surface area contributed by atoms with Crippen LogP contribution in [-0.4, -0.2) is 29.9 Å². The second-order valence-electron chi connectivity index (χ2n) is 5.06. The Balaban J connectivity index is 1.46. The first-order chi connectivity index (χ1) is 12.1. The Morgan fingerprint density at radius 3 is 2.72 bits per heavy atom. The molecule has 8 heteroatoms. The van der Waals surface area contributed by atoms with Crippen molar-refractivity contribution >= 4 is 54.4 Å². The highest BCUT2D eigenvalue weighted by Crippen LogP contribution is 2.28. The summed E-state index contributed by atoms with van der Waals surface area (Å²) >= 11 is 4.77. The third-order valence-electron chi connectivity index (χ3n) is 3.16. The van der Waals surface area contributed by atoms with Crippen LogP contribution in [0.4, 0.5) is 5.13 Å². The smallest absolute Gasteiger partial charge is 0.258 e. The van der Waals surface area contributed by atoms with Gasteiger partial charge in [-0.15, -0.1) is 0 Å². The van der Waals surface area contributed by atoms with Crippen LogP contribution in [0.1, 0.15) is 0 Å². The minimum Gasteiger partial charge on any atom is -0.484 e. The molecule has 0 bridgehead atoms. The van der Waals surface area contributed by atoms with Gasteiger partial charge < -0.3 is 15.4 Å². The van der Waals surface area contributed by atoms with Crippen molar-refractivity contribution in [1.29, 1.82) is 0 Å². The first kappa shape index (κ1) is 17.4. The molecule has 3 aromatic rings. The van der Waals surface area contributed by atoms with E-state index in [9.17, 15) is 9.59 Å². The second-order valence-corrected chi connectivity index (χ2v) is 7.00. The molecule has 0 atom stereocenters. The van der Waals surface area contributed by atoms with Gasteiger partial charge >= 0.3 is 0 Å². The van der Waals surface area contributed by atoms with Crippen LogP contribution >= 0.6 is 27.3 Å². The van der Waals surface area contributed by atoms with Crippen LogP contribution in [0.15, 0.2) is 53.0 Å². The maximum atomic E-state index is 11.9. The Hall–Kier alpha value is -2.45. The number of halogens is 1. The molecule has 2 N–H and O–H groups in total. The van der Waals surface area contributed by atoms with Crippen molar-refractivity contribution in [1.82, 2.24) is 10.3 Å². The van der Waals surface area contributed by atoms with Gasteiger partial charge in [-0.2, -0.15) is 0 Å². The predicted octanol–water partition coefficient (Wildman–Crippen LogP) is 3.19. The van der Waals surface area contributed by atoms with Crippen molar-refractivity contribution in [3.8, 4) is 5.75 Å². The number of ether oxygens (including phenoxy) is 1. The number of carbonyl (C=O) groups excluding carboxylic acids is 2. The molecule has 0 aliphatic carbocycles. The monoisotopic (exact) mass is 419 g/mol. The number of hydrogen-bond donors (Lipinski definition) is 2. The molecule has 0 spiro atoms. The highest BCUT2D eigenvalue weighted by Gasteiger charge is 2.10. The molecule has 3 rings (SSSR count). The Morgan fingerprint density at radius 2 is 1.92 bits per heavy atom. The van der Waals surface area contributed by atoms with Crippen molar-refractivity contribution in [3.63, 3.8) is 0 Å². The normalized spacial score (nSPS) is 10.4. The lowest BCUT2D eigenvalue weighted by atomic mass is 10.3. The maximum absolute atomic E-state index is 11.9. The summed E-state index contributed by atoms with van der Waals surface area (Å²) in [4.78, 5) is 28.0. The Labute approximate surface area is 156 Å². The standard InChI is InChI=1S/C17H14BrN3O3S/c18-11-6-7-13-14(8-11)25-17(20-13)21-15(22)9-19-16(23)10-24-12-4-2-1-3-5-12/h1-8H,9-10H2,(H,19,23)(H,20,21,22). The molecule has 0 fully saturated rings. The molecule has 0 aliphatic heterocycles. The molecule has 1 heterocycles. The van der Waals surface area contributed by atoms with Gasteiger partial charge in [-0.25, -0.2) is 4.98 Å². The largest absolute Gasteiger partial charge is 0.484 e. The molecule has 0 radical (unpaired) electrons. The van der Waals surface area contributed by atoms with Gasteiger partial charge in [-0.1, -0.05) is 45.5 Å². The maximum Gasteiger partial charge on any atom is 0.258 e.